The zero-order valence-electron chi connectivity index (χ0n) is 10.0. The van der Waals surface area contributed by atoms with E-state index >= 15 is 0 Å². The molecule has 94 valence electrons. The standard InChI is InChI=1S/C11H16N2O3S/c1-11(2,3)13-10(14)8-5-4-6-9(7-8)17(12,15)16/h4-7H,1-3H3,(H,13,14)(H2,12,15,16). The minimum atomic E-state index is -3.78. The zero-order chi connectivity index (χ0) is 13.3. The second-order valence-corrected chi connectivity index (χ2v) is 6.34. The summed E-state index contributed by atoms with van der Waals surface area (Å²) < 4.78 is 22.3. The van der Waals surface area contributed by atoms with Crippen molar-refractivity contribution in [2.45, 2.75) is 31.2 Å². The molecule has 0 atom stereocenters. The lowest BCUT2D eigenvalue weighted by Crippen LogP contribution is -2.40. The molecule has 0 aliphatic carbocycles. The third-order valence-corrected chi connectivity index (χ3v) is 2.82. The van der Waals surface area contributed by atoms with E-state index in [4.69, 9.17) is 5.14 Å². The van der Waals surface area contributed by atoms with Gasteiger partial charge in [0.2, 0.25) is 10.0 Å². The highest BCUT2D eigenvalue weighted by Crippen LogP contribution is 2.11. The van der Waals surface area contributed by atoms with Crippen LogP contribution in [0.3, 0.4) is 0 Å². The minimum Gasteiger partial charge on any atom is -0.347 e. The molecule has 0 bridgehead atoms. The average Bonchev–Trinajstić information content (AvgIpc) is 2.14. The number of sulfonamides is 1. The fraction of sp³-hybridized carbons (Fsp3) is 0.364. The number of hydrogen-bond donors (Lipinski definition) is 2. The third-order valence-electron chi connectivity index (χ3n) is 1.91. The highest BCUT2D eigenvalue weighted by atomic mass is 32.2. The van der Waals surface area contributed by atoms with Gasteiger partial charge < -0.3 is 5.32 Å². The summed E-state index contributed by atoms with van der Waals surface area (Å²) in [6.07, 6.45) is 0. The number of hydrogen-bond acceptors (Lipinski definition) is 3. The first-order valence-electron chi connectivity index (χ1n) is 5.05. The van der Waals surface area contributed by atoms with Gasteiger partial charge in [-0.25, -0.2) is 13.6 Å². The van der Waals surface area contributed by atoms with Crippen molar-refractivity contribution in [2.24, 2.45) is 5.14 Å². The molecule has 0 spiro atoms. The highest BCUT2D eigenvalue weighted by molar-refractivity contribution is 7.89. The van der Waals surface area contributed by atoms with Crippen molar-refractivity contribution in [3.8, 4) is 0 Å². The van der Waals surface area contributed by atoms with Gasteiger partial charge in [0.1, 0.15) is 0 Å². The molecule has 1 rings (SSSR count). The highest BCUT2D eigenvalue weighted by Gasteiger charge is 2.17. The van der Waals surface area contributed by atoms with E-state index in [0.29, 0.717) is 0 Å². The van der Waals surface area contributed by atoms with Crippen LogP contribution in [0.1, 0.15) is 31.1 Å². The zero-order valence-corrected chi connectivity index (χ0v) is 10.8. The lowest BCUT2D eigenvalue weighted by Gasteiger charge is -2.20. The van der Waals surface area contributed by atoms with Crippen molar-refractivity contribution < 1.29 is 13.2 Å². The Hall–Kier alpha value is -1.40. The predicted octanol–water partition coefficient (Wildman–Crippen LogP) is 0.862. The topological polar surface area (TPSA) is 89.3 Å². The van der Waals surface area contributed by atoms with E-state index in [9.17, 15) is 13.2 Å². The van der Waals surface area contributed by atoms with Crippen molar-refractivity contribution in [2.75, 3.05) is 0 Å². The van der Waals surface area contributed by atoms with Gasteiger partial charge in [-0.05, 0) is 39.0 Å². The van der Waals surface area contributed by atoms with Crippen molar-refractivity contribution >= 4 is 15.9 Å². The lowest BCUT2D eigenvalue weighted by atomic mass is 10.1. The van der Waals surface area contributed by atoms with E-state index in [2.05, 4.69) is 5.32 Å². The van der Waals surface area contributed by atoms with Crippen LogP contribution in [0.4, 0.5) is 0 Å². The van der Waals surface area contributed by atoms with E-state index in [1.165, 1.54) is 24.3 Å². The van der Waals surface area contributed by atoms with E-state index in [1.54, 1.807) is 0 Å². The molecular weight excluding hydrogens is 240 g/mol. The van der Waals surface area contributed by atoms with Crippen LogP contribution >= 0.6 is 0 Å². The number of benzene rings is 1. The van der Waals surface area contributed by atoms with Crippen LogP contribution in [0.25, 0.3) is 0 Å². The summed E-state index contributed by atoms with van der Waals surface area (Å²) in [7, 11) is -3.78. The number of nitrogens with two attached hydrogens (primary N) is 1. The fourth-order valence-electron chi connectivity index (χ4n) is 1.23. The van der Waals surface area contributed by atoms with Crippen LogP contribution in [-0.2, 0) is 10.0 Å². The molecule has 1 aromatic carbocycles. The molecule has 0 fully saturated rings. The third kappa shape index (κ3) is 4.16. The smallest absolute Gasteiger partial charge is 0.251 e. The second-order valence-electron chi connectivity index (χ2n) is 4.78. The number of amides is 1. The van der Waals surface area contributed by atoms with E-state index in [0.717, 1.165) is 0 Å². The van der Waals surface area contributed by atoms with Crippen molar-refractivity contribution in [3.63, 3.8) is 0 Å². The largest absolute Gasteiger partial charge is 0.347 e. The van der Waals surface area contributed by atoms with Gasteiger partial charge in [0, 0.05) is 11.1 Å². The SMILES string of the molecule is CC(C)(C)NC(=O)c1cccc(S(N)(=O)=O)c1. The van der Waals surface area contributed by atoms with Gasteiger partial charge in [-0.3, -0.25) is 4.79 Å². The van der Waals surface area contributed by atoms with Crippen molar-refractivity contribution in [3.05, 3.63) is 29.8 Å². The molecule has 0 saturated carbocycles. The number of rotatable bonds is 2. The lowest BCUT2D eigenvalue weighted by molar-refractivity contribution is 0.0919. The van der Waals surface area contributed by atoms with Crippen LogP contribution in [-0.4, -0.2) is 19.9 Å². The Bertz CT molecular complexity index is 530. The monoisotopic (exact) mass is 256 g/mol. The van der Waals surface area contributed by atoms with E-state index < -0.39 is 10.0 Å². The van der Waals surface area contributed by atoms with Gasteiger partial charge in [0.15, 0.2) is 0 Å². The molecule has 5 nitrogen and oxygen atoms in total. The first-order chi connectivity index (χ1) is 7.59. The maximum absolute atomic E-state index is 11.8. The summed E-state index contributed by atoms with van der Waals surface area (Å²) in [5.74, 6) is -0.331. The fourth-order valence-corrected chi connectivity index (χ4v) is 1.79. The number of carbonyl (C=O) groups is 1. The molecule has 0 aliphatic rings. The van der Waals surface area contributed by atoms with Gasteiger partial charge in [-0.1, -0.05) is 6.07 Å². The molecule has 0 heterocycles. The Kier molecular flexibility index (Phi) is 3.59. The van der Waals surface area contributed by atoms with Crippen LogP contribution in [0.2, 0.25) is 0 Å². The van der Waals surface area contributed by atoms with Crippen LogP contribution < -0.4 is 10.5 Å². The average molecular weight is 256 g/mol. The van der Waals surface area contributed by atoms with Gasteiger partial charge in [-0.15, -0.1) is 0 Å². The maximum Gasteiger partial charge on any atom is 0.251 e. The molecule has 0 radical (unpaired) electrons. The molecule has 0 aromatic heterocycles. The molecular formula is C11H16N2O3S. The minimum absolute atomic E-state index is 0.0703. The predicted molar refractivity (Wildman–Crippen MR) is 65.0 cm³/mol. The molecule has 3 N–H and O–H groups in total. The first-order valence-corrected chi connectivity index (χ1v) is 6.59. The molecule has 0 saturated heterocycles. The van der Waals surface area contributed by atoms with Gasteiger partial charge in [0.05, 0.1) is 4.90 Å². The summed E-state index contributed by atoms with van der Waals surface area (Å²) in [5.41, 5.74) is -0.110. The van der Waals surface area contributed by atoms with Crippen LogP contribution in [0.5, 0.6) is 0 Å². The molecule has 0 aliphatic heterocycles. The van der Waals surface area contributed by atoms with Crippen molar-refractivity contribution in [1.29, 1.82) is 0 Å². The molecule has 0 unspecified atom stereocenters. The second kappa shape index (κ2) is 4.46. The Labute approximate surface area is 101 Å². The molecule has 6 heteroatoms. The first kappa shape index (κ1) is 13.7. The summed E-state index contributed by atoms with van der Waals surface area (Å²) in [4.78, 5) is 11.7. The number of primary sulfonamides is 1. The van der Waals surface area contributed by atoms with Crippen molar-refractivity contribution in [1.82, 2.24) is 5.32 Å². The Morgan fingerprint density at radius 1 is 1.29 bits per heavy atom. The quantitative estimate of drug-likeness (QED) is 0.822. The Morgan fingerprint density at radius 3 is 2.35 bits per heavy atom. The Balaban J connectivity index is 3.05. The summed E-state index contributed by atoms with van der Waals surface area (Å²) >= 11 is 0. The summed E-state index contributed by atoms with van der Waals surface area (Å²) in [6.45, 7) is 5.53. The number of nitrogens with one attached hydrogen (secondary N) is 1. The van der Waals surface area contributed by atoms with Gasteiger partial charge >= 0.3 is 0 Å². The van der Waals surface area contributed by atoms with Crippen LogP contribution in [0, 0.1) is 0 Å². The number of carbonyl (C=O) groups excluding carboxylic acids is 1. The van der Waals surface area contributed by atoms with E-state index in [1.807, 2.05) is 20.8 Å². The molecule has 1 amide bonds. The van der Waals surface area contributed by atoms with Crippen LogP contribution in [0.15, 0.2) is 29.2 Å². The van der Waals surface area contributed by atoms with E-state index in [-0.39, 0.29) is 21.9 Å². The molecule has 17 heavy (non-hydrogen) atoms. The Morgan fingerprint density at radius 2 is 1.88 bits per heavy atom. The molecule has 1 aromatic rings. The summed E-state index contributed by atoms with van der Waals surface area (Å²) in [5, 5.41) is 7.73. The summed E-state index contributed by atoms with van der Waals surface area (Å²) in [6, 6.07) is 5.63. The van der Waals surface area contributed by atoms with Gasteiger partial charge in [0.25, 0.3) is 5.91 Å². The normalized spacial score (nSPS) is 12.2. The van der Waals surface area contributed by atoms with Gasteiger partial charge in [-0.2, -0.15) is 0 Å². The maximum atomic E-state index is 11.8.